The van der Waals surface area contributed by atoms with Gasteiger partial charge in [-0.3, -0.25) is 0 Å². The number of rotatable bonds is 7. The van der Waals surface area contributed by atoms with E-state index < -0.39 is 0 Å². The Morgan fingerprint density at radius 2 is 1.32 bits per heavy atom. The van der Waals surface area contributed by atoms with Gasteiger partial charge in [0.2, 0.25) is 0 Å². The van der Waals surface area contributed by atoms with Crippen LogP contribution in [-0.4, -0.2) is 44.0 Å². The second-order valence-corrected chi connectivity index (χ2v) is 5.49. The van der Waals surface area contributed by atoms with E-state index in [4.69, 9.17) is 0 Å². The third-order valence-electron chi connectivity index (χ3n) is 4.46. The van der Waals surface area contributed by atoms with Crippen molar-refractivity contribution >= 4 is 12.0 Å². The number of benzene rings is 1. The van der Waals surface area contributed by atoms with Gasteiger partial charge in [-0.2, -0.15) is 0 Å². The lowest BCUT2D eigenvalue weighted by atomic mass is 10.1. The van der Waals surface area contributed by atoms with Crippen molar-refractivity contribution in [3.8, 4) is 0 Å². The van der Waals surface area contributed by atoms with Gasteiger partial charge >= 0.3 is 0 Å². The van der Waals surface area contributed by atoms with Crippen molar-refractivity contribution in [3.63, 3.8) is 0 Å². The Morgan fingerprint density at radius 3 is 1.56 bits per heavy atom. The first-order valence-electron chi connectivity index (χ1n) is 10.0. The zero-order chi connectivity index (χ0) is 20.3. The average molecular weight is 354 g/mol. The van der Waals surface area contributed by atoms with E-state index in [9.17, 15) is 4.79 Å². The minimum Gasteiger partial charge on any atom is -0.388 e. The molecule has 0 amide bonds. The number of aldehydes is 1. The van der Waals surface area contributed by atoms with E-state index in [1.54, 1.807) is 0 Å². The Bertz CT molecular complexity index is 384. The van der Waals surface area contributed by atoms with Gasteiger partial charge in [0.25, 0.3) is 0 Å². The maximum absolute atomic E-state index is 10.2. The molecule has 3 heteroatoms. The molecule has 0 aliphatic rings. The molecule has 0 unspecified atom stereocenters. The minimum atomic E-state index is 0.704. The van der Waals surface area contributed by atoms with Crippen molar-refractivity contribution in [2.75, 3.05) is 38.5 Å². The van der Waals surface area contributed by atoms with Crippen molar-refractivity contribution in [2.45, 2.75) is 68.7 Å². The van der Waals surface area contributed by atoms with Crippen LogP contribution in [0.1, 0.15) is 66.0 Å². The number of para-hydroxylation sites is 1. The van der Waals surface area contributed by atoms with Crippen LogP contribution in [0.15, 0.2) is 18.2 Å². The number of carbonyl (C=O) groups is 1. The van der Waals surface area contributed by atoms with Crippen LogP contribution in [0, 0.1) is 13.8 Å². The molecular weight excluding hydrogens is 308 g/mol. The van der Waals surface area contributed by atoms with E-state index in [-0.39, 0.29) is 0 Å². The molecule has 1 rings (SSSR count). The number of hydrogen-bond donors (Lipinski definition) is 1. The highest BCUT2D eigenvalue weighted by molar-refractivity contribution is 5.55. The van der Waals surface area contributed by atoms with Gasteiger partial charge in [0, 0.05) is 12.7 Å². The summed E-state index contributed by atoms with van der Waals surface area (Å²) in [6, 6.07) is 6.29. The Morgan fingerprint density at radius 1 is 0.920 bits per heavy atom. The monoisotopic (exact) mass is 353 g/mol. The molecule has 0 bridgehead atoms. The van der Waals surface area contributed by atoms with Gasteiger partial charge in [-0.15, -0.1) is 0 Å². The van der Waals surface area contributed by atoms with Gasteiger partial charge in [0.05, 0.1) is 32.6 Å². The molecule has 25 heavy (non-hydrogen) atoms. The average Bonchev–Trinajstić information content (AvgIpc) is 2.67. The number of aryl methyl sites for hydroxylation is 2. The van der Waals surface area contributed by atoms with Crippen molar-refractivity contribution in [3.05, 3.63) is 29.3 Å². The molecular formula is C22H45N2O+. The predicted octanol–water partition coefficient (Wildman–Crippen LogP) is 5.85. The van der Waals surface area contributed by atoms with Crippen LogP contribution in [0.25, 0.3) is 0 Å². The fraction of sp³-hybridized carbons (Fsp3) is 0.682. The zero-order valence-electron chi connectivity index (χ0n) is 18.7. The Balaban J connectivity index is -0.000000323. The summed E-state index contributed by atoms with van der Waals surface area (Å²) in [6.45, 7) is 23.2. The van der Waals surface area contributed by atoms with Gasteiger partial charge in [0.15, 0.2) is 0 Å². The second-order valence-electron chi connectivity index (χ2n) is 5.49. The molecule has 0 saturated heterocycles. The van der Waals surface area contributed by atoms with E-state index in [0.717, 1.165) is 36.9 Å². The molecule has 1 aromatic rings. The normalized spacial score (nSPS) is 9.36. The third-order valence-corrected chi connectivity index (χ3v) is 4.46. The first-order valence-corrected chi connectivity index (χ1v) is 10.0. The van der Waals surface area contributed by atoms with Gasteiger partial charge < -0.3 is 14.6 Å². The number of hydrogen-bond acceptors (Lipinski definition) is 2. The molecule has 0 saturated carbocycles. The van der Waals surface area contributed by atoms with Gasteiger partial charge in [-0.1, -0.05) is 45.9 Å². The first-order chi connectivity index (χ1) is 12.0. The molecule has 1 aromatic carbocycles. The molecule has 0 atom stereocenters. The summed E-state index contributed by atoms with van der Waals surface area (Å²) >= 11 is 0. The fourth-order valence-corrected chi connectivity index (χ4v) is 2.68. The second kappa shape index (κ2) is 19.0. The summed E-state index contributed by atoms with van der Waals surface area (Å²) in [4.78, 5) is 10.2. The highest BCUT2D eigenvalue weighted by Crippen LogP contribution is 2.17. The van der Waals surface area contributed by atoms with Crippen molar-refractivity contribution < 1.29 is 9.28 Å². The van der Waals surface area contributed by atoms with E-state index in [0.29, 0.717) is 6.42 Å². The van der Waals surface area contributed by atoms with Crippen LogP contribution in [0.4, 0.5) is 5.69 Å². The van der Waals surface area contributed by atoms with E-state index in [2.05, 4.69) is 58.1 Å². The Kier molecular flexibility index (Phi) is 21.6. The lowest BCUT2D eigenvalue weighted by Crippen LogP contribution is -2.48. The summed E-state index contributed by atoms with van der Waals surface area (Å²) < 4.78 is 1.08. The quantitative estimate of drug-likeness (QED) is 0.492. The van der Waals surface area contributed by atoms with Crippen LogP contribution in [-0.2, 0) is 4.79 Å². The van der Waals surface area contributed by atoms with Gasteiger partial charge in [-0.25, -0.2) is 0 Å². The third kappa shape index (κ3) is 11.8. The lowest BCUT2D eigenvalue weighted by molar-refractivity contribution is -0.922. The van der Waals surface area contributed by atoms with Crippen LogP contribution in [0.3, 0.4) is 0 Å². The highest BCUT2D eigenvalue weighted by Gasteiger charge is 2.18. The van der Waals surface area contributed by atoms with E-state index in [1.807, 2.05) is 34.7 Å². The largest absolute Gasteiger partial charge is 0.388 e. The molecule has 0 spiro atoms. The maximum Gasteiger partial charge on any atom is 0.125 e. The molecule has 0 aliphatic heterocycles. The summed E-state index contributed by atoms with van der Waals surface area (Å²) in [5, 5.41) is 3.16. The van der Waals surface area contributed by atoms with Gasteiger partial charge in [0.1, 0.15) is 6.29 Å². The van der Waals surface area contributed by atoms with E-state index in [1.165, 1.54) is 16.8 Å². The Hall–Kier alpha value is -1.35. The maximum atomic E-state index is 10.2. The molecule has 0 aromatic heterocycles. The summed E-state index contributed by atoms with van der Waals surface area (Å²) in [5.41, 5.74) is 3.87. The molecule has 0 fully saturated rings. The SMILES string of the molecule is CC.CC.CC[N+](CC)(CC)CCC=O.CNc1c(C)cccc1C. The number of quaternary nitrogens is 1. The van der Waals surface area contributed by atoms with Crippen LogP contribution in [0.5, 0.6) is 0 Å². The highest BCUT2D eigenvalue weighted by atomic mass is 16.1. The number of anilines is 1. The molecule has 3 nitrogen and oxygen atoms in total. The van der Waals surface area contributed by atoms with Crippen molar-refractivity contribution in [1.82, 2.24) is 0 Å². The minimum absolute atomic E-state index is 0.704. The predicted molar refractivity (Wildman–Crippen MR) is 116 cm³/mol. The molecule has 0 aliphatic carbocycles. The number of nitrogens with zero attached hydrogens (tertiary/aromatic N) is 1. The van der Waals surface area contributed by atoms with Crippen LogP contribution < -0.4 is 5.32 Å². The zero-order valence-corrected chi connectivity index (χ0v) is 18.7. The number of nitrogens with one attached hydrogen (secondary N) is 1. The smallest absolute Gasteiger partial charge is 0.125 e. The van der Waals surface area contributed by atoms with Crippen molar-refractivity contribution in [1.29, 1.82) is 0 Å². The topological polar surface area (TPSA) is 29.1 Å². The summed E-state index contributed by atoms with van der Waals surface area (Å²) in [6.07, 6.45) is 1.73. The molecule has 0 radical (unpaired) electrons. The van der Waals surface area contributed by atoms with Gasteiger partial charge in [-0.05, 0) is 45.7 Å². The van der Waals surface area contributed by atoms with Crippen molar-refractivity contribution in [2.24, 2.45) is 0 Å². The lowest BCUT2D eigenvalue weighted by Gasteiger charge is -2.35. The van der Waals surface area contributed by atoms with Crippen LogP contribution in [0.2, 0.25) is 0 Å². The molecule has 148 valence electrons. The first kappa shape index (κ1) is 28.5. The number of carbonyl (C=O) groups excluding carboxylic acids is 1. The summed E-state index contributed by atoms with van der Waals surface area (Å²) in [7, 11) is 1.95. The summed E-state index contributed by atoms with van der Waals surface area (Å²) in [5.74, 6) is 0. The fourth-order valence-electron chi connectivity index (χ4n) is 2.68. The Labute approximate surface area is 158 Å². The molecule has 1 N–H and O–H groups in total. The van der Waals surface area contributed by atoms with Crippen LogP contribution >= 0.6 is 0 Å². The molecule has 0 heterocycles. The standard InChI is InChI=1S/C9H20NO.C9H13N.2C2H6/c1-4-10(5-2,6-3)8-7-9-11;1-7-5-4-6-8(2)9(7)10-3;2*1-2/h9H,4-8H2,1-3H3;4-6,10H,1-3H3;2*1-2H3/q+1;;;. The van der Waals surface area contributed by atoms with E-state index >= 15 is 0 Å².